The van der Waals surface area contributed by atoms with Gasteiger partial charge in [0.05, 0.1) is 10.5 Å². The molecule has 2 aromatic carbocycles. The van der Waals surface area contributed by atoms with Crippen LogP contribution in [0.2, 0.25) is 0 Å². The van der Waals surface area contributed by atoms with Crippen LogP contribution < -0.4 is 0 Å². The molecule has 0 aliphatic heterocycles. The molecular formula is C12H6F3NO2. The van der Waals surface area contributed by atoms with E-state index in [1.807, 2.05) is 0 Å². The molecule has 0 fully saturated rings. The second-order valence-corrected chi connectivity index (χ2v) is 3.52. The predicted octanol–water partition coefficient (Wildman–Crippen LogP) is 3.68. The van der Waals surface area contributed by atoms with Gasteiger partial charge in [-0.15, -0.1) is 0 Å². The molecule has 6 heteroatoms. The van der Waals surface area contributed by atoms with E-state index in [1.165, 1.54) is 12.1 Å². The highest BCUT2D eigenvalue weighted by Crippen LogP contribution is 2.28. The summed E-state index contributed by atoms with van der Waals surface area (Å²) in [6, 6.07) is 6.01. The van der Waals surface area contributed by atoms with Gasteiger partial charge in [-0.2, -0.15) is 0 Å². The van der Waals surface area contributed by atoms with Gasteiger partial charge < -0.3 is 0 Å². The molecule has 0 aromatic heterocycles. The number of non-ortho nitro benzene ring substituents is 1. The quantitative estimate of drug-likeness (QED) is 0.465. The van der Waals surface area contributed by atoms with Gasteiger partial charge in [-0.05, 0) is 29.8 Å². The van der Waals surface area contributed by atoms with Crippen LogP contribution in [0.25, 0.3) is 11.1 Å². The van der Waals surface area contributed by atoms with Crippen molar-refractivity contribution in [3.05, 3.63) is 64.0 Å². The van der Waals surface area contributed by atoms with Gasteiger partial charge in [0.1, 0.15) is 5.82 Å². The Labute approximate surface area is 99.6 Å². The summed E-state index contributed by atoms with van der Waals surface area (Å²) < 4.78 is 39.9. The molecule has 2 rings (SSSR count). The van der Waals surface area contributed by atoms with Crippen molar-refractivity contribution in [3.63, 3.8) is 0 Å². The number of hydrogen-bond donors (Lipinski definition) is 0. The molecule has 0 saturated heterocycles. The highest BCUT2D eigenvalue weighted by molar-refractivity contribution is 5.66. The topological polar surface area (TPSA) is 43.1 Å². The van der Waals surface area contributed by atoms with Crippen LogP contribution in [0.4, 0.5) is 18.9 Å². The third-order valence-electron chi connectivity index (χ3n) is 2.41. The first-order valence-corrected chi connectivity index (χ1v) is 4.89. The number of nitro benzene ring substituents is 1. The third-order valence-corrected chi connectivity index (χ3v) is 2.41. The van der Waals surface area contributed by atoms with Crippen molar-refractivity contribution in [2.24, 2.45) is 0 Å². The Bertz CT molecular complexity index is 611. The first-order valence-electron chi connectivity index (χ1n) is 4.89. The number of rotatable bonds is 2. The highest BCUT2D eigenvalue weighted by Gasteiger charge is 2.16. The highest BCUT2D eigenvalue weighted by atomic mass is 19.2. The van der Waals surface area contributed by atoms with Crippen LogP contribution in [-0.4, -0.2) is 4.92 Å². The molecule has 0 N–H and O–H groups in total. The van der Waals surface area contributed by atoms with Crippen LogP contribution in [0.3, 0.4) is 0 Å². The fourth-order valence-electron chi connectivity index (χ4n) is 1.54. The minimum absolute atomic E-state index is 0.0371. The van der Waals surface area contributed by atoms with Crippen molar-refractivity contribution in [1.82, 2.24) is 0 Å². The first-order chi connectivity index (χ1) is 8.50. The van der Waals surface area contributed by atoms with Gasteiger partial charge in [-0.3, -0.25) is 10.1 Å². The summed E-state index contributed by atoms with van der Waals surface area (Å²) in [4.78, 5) is 9.80. The van der Waals surface area contributed by atoms with Crippen molar-refractivity contribution in [2.75, 3.05) is 0 Å². The van der Waals surface area contributed by atoms with E-state index in [9.17, 15) is 23.3 Å². The lowest BCUT2D eigenvalue weighted by Crippen LogP contribution is -1.94. The largest absolute Gasteiger partial charge is 0.269 e. The summed E-state index contributed by atoms with van der Waals surface area (Å²) in [5.74, 6) is -3.42. The maximum absolute atomic E-state index is 13.5. The Kier molecular flexibility index (Phi) is 3.01. The molecule has 0 atom stereocenters. The SMILES string of the molecule is O=[N+]([O-])c1ccc(-c2c(F)ccc(F)c2F)cc1. The number of nitro groups is 1. The average Bonchev–Trinajstić information content (AvgIpc) is 2.35. The zero-order valence-corrected chi connectivity index (χ0v) is 8.86. The van der Waals surface area contributed by atoms with Gasteiger partial charge in [-0.1, -0.05) is 0 Å². The Morgan fingerprint density at radius 3 is 2.00 bits per heavy atom. The van der Waals surface area contributed by atoms with E-state index in [0.717, 1.165) is 18.2 Å². The van der Waals surface area contributed by atoms with Gasteiger partial charge in [0.2, 0.25) is 0 Å². The molecule has 0 aliphatic carbocycles. The maximum Gasteiger partial charge on any atom is 0.269 e. The number of hydrogen-bond acceptors (Lipinski definition) is 2. The van der Waals surface area contributed by atoms with Gasteiger partial charge in [0.25, 0.3) is 5.69 Å². The van der Waals surface area contributed by atoms with E-state index >= 15 is 0 Å². The van der Waals surface area contributed by atoms with E-state index in [2.05, 4.69) is 0 Å². The van der Waals surface area contributed by atoms with Crippen molar-refractivity contribution in [1.29, 1.82) is 0 Å². The van der Waals surface area contributed by atoms with E-state index in [4.69, 9.17) is 0 Å². The average molecular weight is 253 g/mol. The van der Waals surface area contributed by atoms with Gasteiger partial charge >= 0.3 is 0 Å². The van der Waals surface area contributed by atoms with Crippen molar-refractivity contribution < 1.29 is 18.1 Å². The van der Waals surface area contributed by atoms with Gasteiger partial charge in [0.15, 0.2) is 11.6 Å². The molecule has 0 amide bonds. The van der Waals surface area contributed by atoms with Crippen molar-refractivity contribution in [2.45, 2.75) is 0 Å². The zero-order chi connectivity index (χ0) is 13.3. The van der Waals surface area contributed by atoms with Crippen LogP contribution in [0.15, 0.2) is 36.4 Å². The summed E-state index contributed by atoms with van der Waals surface area (Å²) in [6.45, 7) is 0. The first kappa shape index (κ1) is 12.1. The Balaban J connectivity index is 2.55. The van der Waals surface area contributed by atoms with E-state index < -0.39 is 27.9 Å². The summed E-state index contributed by atoms with van der Waals surface area (Å²) in [7, 11) is 0. The van der Waals surface area contributed by atoms with Crippen LogP contribution in [-0.2, 0) is 0 Å². The second kappa shape index (κ2) is 4.48. The second-order valence-electron chi connectivity index (χ2n) is 3.52. The Morgan fingerprint density at radius 2 is 1.44 bits per heavy atom. The molecule has 0 bridgehead atoms. The lowest BCUT2D eigenvalue weighted by atomic mass is 10.0. The van der Waals surface area contributed by atoms with Crippen molar-refractivity contribution in [3.8, 4) is 11.1 Å². The van der Waals surface area contributed by atoms with E-state index in [0.29, 0.717) is 6.07 Å². The monoisotopic (exact) mass is 253 g/mol. The molecule has 0 radical (unpaired) electrons. The molecule has 0 saturated carbocycles. The van der Waals surface area contributed by atoms with E-state index in [-0.39, 0.29) is 11.3 Å². The smallest absolute Gasteiger partial charge is 0.258 e. The zero-order valence-electron chi connectivity index (χ0n) is 8.86. The maximum atomic E-state index is 13.5. The van der Waals surface area contributed by atoms with Gasteiger partial charge in [-0.25, -0.2) is 13.2 Å². The van der Waals surface area contributed by atoms with Crippen LogP contribution >= 0.6 is 0 Å². The molecular weight excluding hydrogens is 247 g/mol. The number of benzene rings is 2. The normalized spacial score (nSPS) is 10.4. The van der Waals surface area contributed by atoms with Crippen LogP contribution in [0.1, 0.15) is 0 Å². The summed E-state index contributed by atoms with van der Waals surface area (Å²) in [6.07, 6.45) is 0. The number of nitrogens with zero attached hydrogens (tertiary/aromatic N) is 1. The molecule has 0 aliphatic rings. The lowest BCUT2D eigenvalue weighted by Gasteiger charge is -2.05. The third kappa shape index (κ3) is 2.04. The van der Waals surface area contributed by atoms with Gasteiger partial charge in [0, 0.05) is 12.1 Å². The van der Waals surface area contributed by atoms with Crippen LogP contribution in [0, 0.1) is 27.6 Å². The fourth-order valence-corrected chi connectivity index (χ4v) is 1.54. The standard InChI is InChI=1S/C12H6F3NO2/c13-9-5-6-10(14)12(15)11(9)7-1-3-8(4-2-7)16(17)18/h1-6H. The summed E-state index contributed by atoms with van der Waals surface area (Å²) in [5, 5.41) is 10.4. The molecule has 0 spiro atoms. The molecule has 0 heterocycles. The molecule has 18 heavy (non-hydrogen) atoms. The summed E-state index contributed by atoms with van der Waals surface area (Å²) >= 11 is 0. The summed E-state index contributed by atoms with van der Waals surface area (Å²) in [5.41, 5.74) is -0.712. The molecule has 2 aromatic rings. The van der Waals surface area contributed by atoms with Crippen molar-refractivity contribution >= 4 is 5.69 Å². The lowest BCUT2D eigenvalue weighted by molar-refractivity contribution is -0.384. The fraction of sp³-hybridized carbons (Fsp3) is 0. The predicted molar refractivity (Wildman–Crippen MR) is 58.4 cm³/mol. The Morgan fingerprint density at radius 1 is 0.889 bits per heavy atom. The van der Waals surface area contributed by atoms with Crippen LogP contribution in [0.5, 0.6) is 0 Å². The minimum Gasteiger partial charge on any atom is -0.258 e. The Hall–Kier alpha value is -2.37. The minimum atomic E-state index is -1.32. The molecule has 92 valence electrons. The molecule has 3 nitrogen and oxygen atoms in total. The molecule has 0 unspecified atom stereocenters. The number of halogens is 3. The van der Waals surface area contributed by atoms with E-state index in [1.54, 1.807) is 0 Å².